The number of ether oxygens (including phenoxy) is 3. The van der Waals surface area contributed by atoms with Gasteiger partial charge in [-0.15, -0.1) is 0 Å². The molecule has 40 heavy (non-hydrogen) atoms. The molecule has 11 nitrogen and oxygen atoms in total. The SMILES string of the molecule is CCOC(=O)C(C)NP(=O)(CCNC/C(C)=C/Cc1c(O)c2c(c(C)c1CC)COC2=O)N[C@@H](C)C(=O)OCC. The first-order valence-corrected chi connectivity index (χ1v) is 15.7. The molecule has 1 aromatic carbocycles. The fraction of sp³-hybridized carbons (Fsp3) is 0.607. The first kappa shape index (κ1) is 33.5. The van der Waals surface area contributed by atoms with Crippen molar-refractivity contribution in [2.75, 3.05) is 32.5 Å². The number of rotatable bonds is 16. The first-order chi connectivity index (χ1) is 18.9. The van der Waals surface area contributed by atoms with Crippen LogP contribution in [0.15, 0.2) is 11.6 Å². The molecule has 0 spiro atoms. The minimum Gasteiger partial charge on any atom is -0.507 e. The van der Waals surface area contributed by atoms with E-state index >= 15 is 0 Å². The van der Waals surface area contributed by atoms with Gasteiger partial charge in [0.25, 0.3) is 0 Å². The van der Waals surface area contributed by atoms with Crippen molar-refractivity contribution in [3.63, 3.8) is 0 Å². The molecule has 2 rings (SSSR count). The second-order valence-electron chi connectivity index (χ2n) is 9.81. The van der Waals surface area contributed by atoms with E-state index in [1.54, 1.807) is 27.7 Å². The van der Waals surface area contributed by atoms with Crippen LogP contribution in [0.4, 0.5) is 0 Å². The second-order valence-corrected chi connectivity index (χ2v) is 12.3. The van der Waals surface area contributed by atoms with Gasteiger partial charge in [0.1, 0.15) is 30.0 Å². The highest BCUT2D eigenvalue weighted by Crippen LogP contribution is 2.39. The number of hydrogen-bond donors (Lipinski definition) is 4. The largest absolute Gasteiger partial charge is 0.507 e. The van der Waals surface area contributed by atoms with E-state index in [0.29, 0.717) is 25.9 Å². The van der Waals surface area contributed by atoms with Crippen LogP contribution in [0.2, 0.25) is 0 Å². The van der Waals surface area contributed by atoms with E-state index < -0.39 is 37.4 Å². The number of phenolic OH excluding ortho intramolecular Hbond substituents is 1. The third-order valence-electron chi connectivity index (χ3n) is 6.75. The number of nitrogens with one attached hydrogen (secondary N) is 3. The third-order valence-corrected chi connectivity index (χ3v) is 9.21. The number of carbonyl (C=O) groups is 3. The van der Waals surface area contributed by atoms with Crippen molar-refractivity contribution in [1.82, 2.24) is 15.5 Å². The number of aromatic hydroxyl groups is 1. The Morgan fingerprint density at radius 1 is 1.07 bits per heavy atom. The van der Waals surface area contributed by atoms with Crippen LogP contribution >= 0.6 is 7.44 Å². The Labute approximate surface area is 236 Å². The number of allylic oxidation sites excluding steroid dienone is 1. The van der Waals surface area contributed by atoms with Gasteiger partial charge < -0.3 is 24.6 Å². The molecule has 3 atom stereocenters. The van der Waals surface area contributed by atoms with Gasteiger partial charge in [-0.3, -0.25) is 14.2 Å². The van der Waals surface area contributed by atoms with Gasteiger partial charge in [-0.1, -0.05) is 18.6 Å². The van der Waals surface area contributed by atoms with Crippen molar-refractivity contribution in [2.45, 2.75) is 80.0 Å². The minimum atomic E-state index is -3.41. The van der Waals surface area contributed by atoms with Crippen molar-refractivity contribution in [1.29, 1.82) is 0 Å². The summed E-state index contributed by atoms with van der Waals surface area (Å²) in [7, 11) is -3.41. The summed E-state index contributed by atoms with van der Waals surface area (Å²) in [4.78, 5) is 36.4. The molecule has 0 saturated heterocycles. The summed E-state index contributed by atoms with van der Waals surface area (Å²) in [5, 5.41) is 19.8. The highest BCUT2D eigenvalue weighted by Gasteiger charge is 2.32. The highest BCUT2D eigenvalue weighted by molar-refractivity contribution is 7.60. The zero-order valence-electron chi connectivity index (χ0n) is 24.6. The lowest BCUT2D eigenvalue weighted by Crippen LogP contribution is -2.43. The van der Waals surface area contributed by atoms with E-state index in [1.807, 2.05) is 26.8 Å². The summed E-state index contributed by atoms with van der Waals surface area (Å²) in [6.45, 7) is 13.8. The molecule has 4 N–H and O–H groups in total. The molecule has 224 valence electrons. The molecule has 12 heteroatoms. The van der Waals surface area contributed by atoms with Gasteiger partial charge in [-0.25, -0.2) is 15.0 Å². The van der Waals surface area contributed by atoms with Crippen molar-refractivity contribution in [3.05, 3.63) is 39.5 Å². The van der Waals surface area contributed by atoms with Gasteiger partial charge in [-0.05, 0) is 65.5 Å². The van der Waals surface area contributed by atoms with Crippen LogP contribution in [0, 0.1) is 6.92 Å². The molecule has 0 saturated carbocycles. The van der Waals surface area contributed by atoms with E-state index in [1.165, 1.54) is 0 Å². The molecule has 0 radical (unpaired) electrons. The molecular formula is C28H44N3O8P. The molecule has 1 aromatic rings. The van der Waals surface area contributed by atoms with E-state index in [0.717, 1.165) is 27.8 Å². The van der Waals surface area contributed by atoms with Gasteiger partial charge in [0.15, 0.2) is 0 Å². The van der Waals surface area contributed by atoms with Crippen LogP contribution in [0.5, 0.6) is 5.75 Å². The Bertz CT molecular complexity index is 1140. The van der Waals surface area contributed by atoms with Crippen LogP contribution in [-0.2, 0) is 47.8 Å². The van der Waals surface area contributed by atoms with Crippen LogP contribution in [0.1, 0.15) is 74.2 Å². The molecule has 0 bridgehead atoms. The fourth-order valence-corrected chi connectivity index (χ4v) is 6.91. The zero-order valence-corrected chi connectivity index (χ0v) is 25.5. The summed E-state index contributed by atoms with van der Waals surface area (Å²) in [6, 6.07) is -1.69. The van der Waals surface area contributed by atoms with E-state index in [9.17, 15) is 24.1 Å². The molecule has 1 aliphatic heterocycles. The zero-order chi connectivity index (χ0) is 30.0. The third kappa shape index (κ3) is 8.64. The quantitative estimate of drug-likeness (QED) is 0.0748. The summed E-state index contributed by atoms with van der Waals surface area (Å²) in [6.07, 6.45) is 3.25. The van der Waals surface area contributed by atoms with Crippen LogP contribution < -0.4 is 15.5 Å². The lowest BCUT2D eigenvalue weighted by atomic mass is 9.89. The normalized spacial score (nSPS) is 16.1. The summed E-state index contributed by atoms with van der Waals surface area (Å²) in [5.41, 5.74) is 4.71. The molecule has 0 aromatic heterocycles. The van der Waals surface area contributed by atoms with Crippen LogP contribution in [-0.4, -0.2) is 67.6 Å². The number of esters is 3. The van der Waals surface area contributed by atoms with E-state index in [-0.39, 0.29) is 37.3 Å². The second kappa shape index (κ2) is 15.3. The standard InChI is InChI=1S/C28H44N3O8P/c1-8-21-18(5)23-16-39-28(35)24(23)25(32)22(21)12-11-17(4)15-29-13-14-40(36,30-19(6)26(33)37-9-2)31-20(7)27(34)38-10-3/h11,19-20,29,32H,8-10,12-16H2,1-7H3,(H2,30,31,36)/b17-11+/t19-,20?,40?/m0/s1. The van der Waals surface area contributed by atoms with Gasteiger partial charge in [0.2, 0.25) is 7.44 Å². The average molecular weight is 582 g/mol. The van der Waals surface area contributed by atoms with Gasteiger partial charge in [0, 0.05) is 30.4 Å². The van der Waals surface area contributed by atoms with E-state index in [2.05, 4.69) is 15.5 Å². The predicted molar refractivity (Wildman–Crippen MR) is 153 cm³/mol. The highest BCUT2D eigenvalue weighted by atomic mass is 31.2. The Morgan fingerprint density at radius 2 is 1.65 bits per heavy atom. The predicted octanol–water partition coefficient (Wildman–Crippen LogP) is 3.29. The molecule has 1 heterocycles. The van der Waals surface area contributed by atoms with Crippen molar-refractivity contribution < 1.29 is 38.3 Å². The average Bonchev–Trinajstić information content (AvgIpc) is 3.29. The van der Waals surface area contributed by atoms with Crippen molar-refractivity contribution in [3.8, 4) is 5.75 Å². The number of carbonyl (C=O) groups excluding carboxylic acids is 3. The molecule has 0 aliphatic carbocycles. The lowest BCUT2D eigenvalue weighted by Gasteiger charge is -2.26. The topological polar surface area (TPSA) is 152 Å². The summed E-state index contributed by atoms with van der Waals surface area (Å²) >= 11 is 0. The number of benzene rings is 1. The fourth-order valence-electron chi connectivity index (χ4n) is 4.64. The van der Waals surface area contributed by atoms with Crippen LogP contribution in [0.25, 0.3) is 0 Å². The number of hydrogen-bond acceptors (Lipinski definition) is 9. The molecule has 0 fully saturated rings. The van der Waals surface area contributed by atoms with Gasteiger partial charge >= 0.3 is 17.9 Å². The monoisotopic (exact) mass is 581 g/mol. The van der Waals surface area contributed by atoms with Gasteiger partial charge in [-0.2, -0.15) is 0 Å². The lowest BCUT2D eigenvalue weighted by molar-refractivity contribution is -0.145. The maximum absolute atomic E-state index is 13.7. The maximum Gasteiger partial charge on any atom is 0.342 e. The van der Waals surface area contributed by atoms with Crippen molar-refractivity contribution >= 4 is 25.4 Å². The molecule has 2 unspecified atom stereocenters. The molecular weight excluding hydrogens is 537 g/mol. The smallest absolute Gasteiger partial charge is 0.342 e. The Kier molecular flexibility index (Phi) is 12.8. The van der Waals surface area contributed by atoms with Crippen molar-refractivity contribution in [2.24, 2.45) is 0 Å². The number of phenols is 1. The number of cyclic esters (lactones) is 1. The van der Waals surface area contributed by atoms with Gasteiger partial charge in [0.05, 0.1) is 13.2 Å². The van der Waals surface area contributed by atoms with Crippen LogP contribution in [0.3, 0.4) is 0 Å². The first-order valence-electron chi connectivity index (χ1n) is 13.8. The molecule has 1 aliphatic rings. The van der Waals surface area contributed by atoms with E-state index in [4.69, 9.17) is 14.2 Å². The summed E-state index contributed by atoms with van der Waals surface area (Å²) in [5.74, 6) is -1.58. The minimum absolute atomic E-state index is 0.0125. The summed E-state index contributed by atoms with van der Waals surface area (Å²) < 4.78 is 28.9. The Hall–Kier alpha value is -2.72. The Balaban J connectivity index is 2.06. The number of fused-ring (bicyclic) bond motifs is 1. The Morgan fingerprint density at radius 3 is 2.17 bits per heavy atom. The molecule has 0 amide bonds. The maximum atomic E-state index is 13.7.